The highest BCUT2D eigenvalue weighted by Crippen LogP contribution is 2.32. The minimum Gasteiger partial charge on any atom is -0.384 e. The Bertz CT molecular complexity index is 813. The zero-order chi connectivity index (χ0) is 15.0. The molecule has 3 rings (SSSR count). The molecule has 21 heavy (non-hydrogen) atoms. The first-order chi connectivity index (χ1) is 10.1. The lowest BCUT2D eigenvalue weighted by molar-refractivity contribution is 0.221. The lowest BCUT2D eigenvalue weighted by atomic mass is 9.93. The molecule has 0 amide bonds. The van der Waals surface area contributed by atoms with Crippen LogP contribution in [0.15, 0.2) is 54.6 Å². The van der Waals surface area contributed by atoms with Crippen molar-refractivity contribution in [3.05, 3.63) is 82.1 Å². The maximum Gasteiger partial charge on any atom is 0.131 e. The minimum absolute atomic E-state index is 0.283. The Kier molecular flexibility index (Phi) is 3.66. The van der Waals surface area contributed by atoms with E-state index in [0.29, 0.717) is 16.0 Å². The van der Waals surface area contributed by atoms with Gasteiger partial charge in [0.15, 0.2) is 0 Å². The number of aliphatic hydroxyl groups is 1. The van der Waals surface area contributed by atoms with E-state index in [-0.39, 0.29) is 5.82 Å². The predicted octanol–water partition coefficient (Wildman–Crippen LogP) is 5.02. The van der Waals surface area contributed by atoms with Gasteiger partial charge in [0.2, 0.25) is 0 Å². The molecule has 1 unspecified atom stereocenters. The number of fused-ring (bicyclic) bond motifs is 1. The number of halogens is 2. The predicted molar refractivity (Wildman–Crippen MR) is 84.2 cm³/mol. The summed E-state index contributed by atoms with van der Waals surface area (Å²) in [6.45, 7) is 1.90. The third-order valence-electron chi connectivity index (χ3n) is 3.73. The largest absolute Gasteiger partial charge is 0.384 e. The molecule has 0 aliphatic rings. The van der Waals surface area contributed by atoms with Crippen LogP contribution in [0.2, 0.25) is 5.02 Å². The molecule has 3 aromatic carbocycles. The molecule has 0 aliphatic carbocycles. The van der Waals surface area contributed by atoms with Crippen LogP contribution < -0.4 is 0 Å². The van der Waals surface area contributed by atoms with E-state index in [0.717, 1.165) is 16.5 Å². The third-order valence-corrected chi connectivity index (χ3v) is 3.96. The van der Waals surface area contributed by atoms with E-state index in [1.807, 2.05) is 25.1 Å². The SMILES string of the molecule is Cc1cc(Cl)ccc1C(O)c1ccc(F)c2ccccc12. The van der Waals surface area contributed by atoms with Gasteiger partial charge in [0.1, 0.15) is 11.9 Å². The van der Waals surface area contributed by atoms with Gasteiger partial charge in [-0.2, -0.15) is 0 Å². The Hall–Kier alpha value is -1.90. The molecule has 0 radical (unpaired) electrons. The number of aliphatic hydroxyl groups excluding tert-OH is 1. The summed E-state index contributed by atoms with van der Waals surface area (Å²) in [4.78, 5) is 0. The molecule has 0 aromatic heterocycles. The molecular weight excluding hydrogens is 287 g/mol. The molecule has 1 nitrogen and oxygen atoms in total. The Morgan fingerprint density at radius 1 is 0.952 bits per heavy atom. The van der Waals surface area contributed by atoms with Crippen molar-refractivity contribution in [2.45, 2.75) is 13.0 Å². The first kappa shape index (κ1) is 14.1. The van der Waals surface area contributed by atoms with Gasteiger partial charge in [-0.3, -0.25) is 0 Å². The van der Waals surface area contributed by atoms with Gasteiger partial charge in [-0.25, -0.2) is 4.39 Å². The van der Waals surface area contributed by atoms with E-state index in [9.17, 15) is 9.50 Å². The fourth-order valence-corrected chi connectivity index (χ4v) is 2.86. The van der Waals surface area contributed by atoms with Crippen LogP contribution in [0.3, 0.4) is 0 Å². The molecule has 3 aromatic rings. The molecule has 0 saturated carbocycles. The van der Waals surface area contributed by atoms with Crippen molar-refractivity contribution in [1.29, 1.82) is 0 Å². The van der Waals surface area contributed by atoms with Crippen LogP contribution in [-0.2, 0) is 0 Å². The standard InChI is InChI=1S/C18H14ClFO/c1-11-10-12(19)6-7-13(11)18(21)16-8-9-17(20)15-5-3-2-4-14(15)16/h2-10,18,21H,1H3. The highest BCUT2D eigenvalue weighted by atomic mass is 35.5. The van der Waals surface area contributed by atoms with Gasteiger partial charge in [0.25, 0.3) is 0 Å². The van der Waals surface area contributed by atoms with E-state index >= 15 is 0 Å². The van der Waals surface area contributed by atoms with E-state index < -0.39 is 6.10 Å². The summed E-state index contributed by atoms with van der Waals surface area (Å²) < 4.78 is 13.9. The Labute approximate surface area is 127 Å². The Balaban J connectivity index is 2.18. The Morgan fingerprint density at radius 2 is 1.62 bits per heavy atom. The van der Waals surface area contributed by atoms with Gasteiger partial charge in [-0.1, -0.05) is 48.0 Å². The normalized spacial score (nSPS) is 12.6. The van der Waals surface area contributed by atoms with Crippen molar-refractivity contribution >= 4 is 22.4 Å². The molecular formula is C18H14ClFO. The van der Waals surface area contributed by atoms with Crippen LogP contribution in [0.4, 0.5) is 4.39 Å². The lowest BCUT2D eigenvalue weighted by Crippen LogP contribution is -2.03. The molecule has 106 valence electrons. The van der Waals surface area contributed by atoms with Crippen LogP contribution in [-0.4, -0.2) is 5.11 Å². The molecule has 0 fully saturated rings. The summed E-state index contributed by atoms with van der Waals surface area (Å²) >= 11 is 5.95. The second-order valence-electron chi connectivity index (χ2n) is 5.09. The fourth-order valence-electron chi connectivity index (χ4n) is 2.64. The van der Waals surface area contributed by atoms with E-state index in [1.54, 1.807) is 30.3 Å². The molecule has 0 bridgehead atoms. The maximum atomic E-state index is 13.9. The van der Waals surface area contributed by atoms with Gasteiger partial charge in [-0.15, -0.1) is 0 Å². The molecule has 0 saturated heterocycles. The van der Waals surface area contributed by atoms with E-state index in [4.69, 9.17) is 11.6 Å². The summed E-state index contributed by atoms with van der Waals surface area (Å²) in [5, 5.41) is 12.6. The molecule has 1 N–H and O–H groups in total. The summed E-state index contributed by atoms with van der Waals surface area (Å²) in [5.41, 5.74) is 2.37. The average Bonchev–Trinajstić information content (AvgIpc) is 2.47. The molecule has 1 atom stereocenters. The number of hydrogen-bond acceptors (Lipinski definition) is 1. The highest BCUT2D eigenvalue weighted by Gasteiger charge is 2.17. The van der Waals surface area contributed by atoms with Crippen LogP contribution in [0, 0.1) is 12.7 Å². The van der Waals surface area contributed by atoms with Gasteiger partial charge in [-0.05, 0) is 47.2 Å². The number of rotatable bonds is 2. The van der Waals surface area contributed by atoms with Gasteiger partial charge in [0.05, 0.1) is 0 Å². The van der Waals surface area contributed by atoms with Crippen LogP contribution in [0.25, 0.3) is 10.8 Å². The summed E-state index contributed by atoms with van der Waals surface area (Å²) in [6, 6.07) is 15.6. The number of benzene rings is 3. The third kappa shape index (κ3) is 2.53. The summed E-state index contributed by atoms with van der Waals surface area (Å²) in [7, 11) is 0. The van der Waals surface area contributed by atoms with Gasteiger partial charge in [0, 0.05) is 10.4 Å². The van der Waals surface area contributed by atoms with Gasteiger partial charge >= 0.3 is 0 Å². The highest BCUT2D eigenvalue weighted by molar-refractivity contribution is 6.30. The second-order valence-corrected chi connectivity index (χ2v) is 5.52. The number of hydrogen-bond donors (Lipinski definition) is 1. The maximum absolute atomic E-state index is 13.9. The quantitative estimate of drug-likeness (QED) is 0.704. The summed E-state index contributed by atoms with van der Waals surface area (Å²) in [6.07, 6.45) is -0.812. The first-order valence-electron chi connectivity index (χ1n) is 6.69. The molecule has 0 heterocycles. The second kappa shape index (κ2) is 5.47. The topological polar surface area (TPSA) is 20.2 Å². The van der Waals surface area contributed by atoms with Crippen LogP contribution in [0.1, 0.15) is 22.8 Å². The Morgan fingerprint density at radius 3 is 2.33 bits per heavy atom. The van der Waals surface area contributed by atoms with Crippen LogP contribution in [0.5, 0.6) is 0 Å². The summed E-state index contributed by atoms with van der Waals surface area (Å²) in [5.74, 6) is -0.283. The van der Waals surface area contributed by atoms with Crippen molar-refractivity contribution in [2.75, 3.05) is 0 Å². The zero-order valence-corrected chi connectivity index (χ0v) is 12.2. The smallest absolute Gasteiger partial charge is 0.131 e. The van der Waals surface area contributed by atoms with Crippen LogP contribution >= 0.6 is 11.6 Å². The fraction of sp³-hybridized carbons (Fsp3) is 0.111. The average molecular weight is 301 g/mol. The molecule has 3 heteroatoms. The van der Waals surface area contributed by atoms with Crippen molar-refractivity contribution in [2.24, 2.45) is 0 Å². The molecule has 0 aliphatic heterocycles. The van der Waals surface area contributed by atoms with Crippen molar-refractivity contribution in [3.63, 3.8) is 0 Å². The van der Waals surface area contributed by atoms with Gasteiger partial charge < -0.3 is 5.11 Å². The minimum atomic E-state index is -0.812. The van der Waals surface area contributed by atoms with Crippen molar-refractivity contribution in [1.82, 2.24) is 0 Å². The lowest BCUT2D eigenvalue weighted by Gasteiger charge is -2.17. The van der Waals surface area contributed by atoms with E-state index in [1.165, 1.54) is 6.07 Å². The molecule has 0 spiro atoms. The number of aryl methyl sites for hydroxylation is 1. The first-order valence-corrected chi connectivity index (χ1v) is 7.07. The van der Waals surface area contributed by atoms with Crippen molar-refractivity contribution in [3.8, 4) is 0 Å². The monoisotopic (exact) mass is 300 g/mol. The van der Waals surface area contributed by atoms with Crippen molar-refractivity contribution < 1.29 is 9.50 Å². The zero-order valence-electron chi connectivity index (χ0n) is 11.5. The van der Waals surface area contributed by atoms with E-state index in [2.05, 4.69) is 0 Å².